The van der Waals surface area contributed by atoms with Crippen molar-refractivity contribution in [3.05, 3.63) is 34.2 Å². The van der Waals surface area contributed by atoms with Gasteiger partial charge in [-0.25, -0.2) is 14.4 Å². The van der Waals surface area contributed by atoms with Gasteiger partial charge in [-0.1, -0.05) is 6.07 Å². The van der Waals surface area contributed by atoms with Gasteiger partial charge in [0.15, 0.2) is 0 Å². The molecular formula is C26H35N5O7. The van der Waals surface area contributed by atoms with Gasteiger partial charge in [-0.3, -0.25) is 33.8 Å². The summed E-state index contributed by atoms with van der Waals surface area (Å²) >= 11 is 0. The maximum Gasteiger partial charge on any atom is 0.411 e. The number of imidazole rings is 1. The van der Waals surface area contributed by atoms with E-state index in [0.29, 0.717) is 30.5 Å². The SMILES string of the molecule is Cn1c(=O)n(C2CCC(=O)NC2=O)c2ccc(CCCN3CCN(C(=O)OC(C)(C)C)[C@@H](C(=O)O)C3)cc21. The van der Waals surface area contributed by atoms with E-state index < -0.39 is 35.7 Å². The zero-order valence-corrected chi connectivity index (χ0v) is 22.2. The number of aryl methyl sites for hydroxylation is 2. The highest BCUT2D eigenvalue weighted by Crippen LogP contribution is 2.24. The first-order valence-corrected chi connectivity index (χ1v) is 12.8. The summed E-state index contributed by atoms with van der Waals surface area (Å²) in [7, 11) is 1.66. The van der Waals surface area contributed by atoms with Crippen molar-refractivity contribution < 1.29 is 29.0 Å². The van der Waals surface area contributed by atoms with Crippen LogP contribution in [0.5, 0.6) is 0 Å². The van der Waals surface area contributed by atoms with Crippen molar-refractivity contribution >= 4 is 34.9 Å². The van der Waals surface area contributed by atoms with Crippen LogP contribution in [0.15, 0.2) is 23.0 Å². The highest BCUT2D eigenvalue weighted by molar-refractivity contribution is 6.00. The Labute approximate surface area is 220 Å². The zero-order chi connectivity index (χ0) is 27.8. The number of amides is 3. The third-order valence-electron chi connectivity index (χ3n) is 6.99. The number of benzene rings is 1. The highest BCUT2D eigenvalue weighted by Gasteiger charge is 2.37. The van der Waals surface area contributed by atoms with E-state index >= 15 is 0 Å². The molecule has 0 radical (unpaired) electrons. The molecule has 2 N–H and O–H groups in total. The van der Waals surface area contributed by atoms with Gasteiger partial charge in [0, 0.05) is 33.1 Å². The van der Waals surface area contributed by atoms with E-state index in [0.717, 1.165) is 12.0 Å². The van der Waals surface area contributed by atoms with Crippen molar-refractivity contribution in [1.29, 1.82) is 0 Å². The Balaban J connectivity index is 1.40. The van der Waals surface area contributed by atoms with Crippen molar-refractivity contribution in [2.75, 3.05) is 26.2 Å². The summed E-state index contributed by atoms with van der Waals surface area (Å²) < 4.78 is 8.34. The quantitative estimate of drug-likeness (QED) is 0.533. The number of hydrogen-bond donors (Lipinski definition) is 2. The van der Waals surface area contributed by atoms with Crippen molar-refractivity contribution in [3.63, 3.8) is 0 Å². The molecule has 2 aliphatic rings. The molecule has 2 aromatic rings. The zero-order valence-electron chi connectivity index (χ0n) is 22.2. The molecule has 38 heavy (non-hydrogen) atoms. The van der Waals surface area contributed by atoms with Crippen molar-refractivity contribution in [1.82, 2.24) is 24.3 Å². The third kappa shape index (κ3) is 5.74. The summed E-state index contributed by atoms with van der Waals surface area (Å²) in [5.41, 5.74) is 1.34. The Morgan fingerprint density at radius 1 is 1.13 bits per heavy atom. The molecule has 0 bridgehead atoms. The van der Waals surface area contributed by atoms with Crippen LogP contribution in [0.25, 0.3) is 11.0 Å². The molecule has 1 unspecified atom stereocenters. The number of piperidine rings is 1. The molecule has 2 aliphatic heterocycles. The topological polar surface area (TPSA) is 143 Å². The largest absolute Gasteiger partial charge is 0.480 e. The van der Waals surface area contributed by atoms with Crippen molar-refractivity contribution in [2.24, 2.45) is 7.05 Å². The summed E-state index contributed by atoms with van der Waals surface area (Å²) in [4.78, 5) is 64.5. The van der Waals surface area contributed by atoms with Crippen LogP contribution in [-0.2, 0) is 32.6 Å². The lowest BCUT2D eigenvalue weighted by atomic mass is 10.0. The number of carboxylic acid groups (broad SMARTS) is 1. The number of carbonyl (C=O) groups excluding carboxylic acids is 3. The predicted octanol–water partition coefficient (Wildman–Crippen LogP) is 1.26. The van der Waals surface area contributed by atoms with Gasteiger partial charge in [0.05, 0.1) is 11.0 Å². The summed E-state index contributed by atoms with van der Waals surface area (Å²) in [5.74, 6) is -1.86. The van der Waals surface area contributed by atoms with Gasteiger partial charge in [0.1, 0.15) is 17.7 Å². The Kier molecular flexibility index (Phi) is 7.63. The average Bonchev–Trinajstić information content (AvgIpc) is 3.07. The van der Waals surface area contributed by atoms with Gasteiger partial charge in [-0.2, -0.15) is 0 Å². The molecule has 12 nitrogen and oxygen atoms in total. The number of piperazine rings is 1. The number of ether oxygens (including phenoxy) is 1. The van der Waals surface area contributed by atoms with Crippen LogP contribution < -0.4 is 11.0 Å². The van der Waals surface area contributed by atoms with Gasteiger partial charge in [0.25, 0.3) is 0 Å². The Hall–Kier alpha value is -3.67. The summed E-state index contributed by atoms with van der Waals surface area (Å²) in [6.07, 6.45) is 1.31. The maximum absolute atomic E-state index is 13.0. The fourth-order valence-electron chi connectivity index (χ4n) is 5.09. The van der Waals surface area contributed by atoms with Crippen LogP contribution in [0.2, 0.25) is 0 Å². The summed E-state index contributed by atoms with van der Waals surface area (Å²) in [6, 6.07) is 3.98. The normalized spacial score (nSPS) is 21.0. The fourth-order valence-corrected chi connectivity index (χ4v) is 5.09. The maximum atomic E-state index is 13.0. The second-order valence-electron chi connectivity index (χ2n) is 10.9. The van der Waals surface area contributed by atoms with E-state index in [4.69, 9.17) is 4.74 Å². The molecule has 2 atom stereocenters. The number of rotatable bonds is 6. The molecule has 0 aliphatic carbocycles. The first-order valence-electron chi connectivity index (χ1n) is 12.8. The first-order chi connectivity index (χ1) is 17.9. The number of fused-ring (bicyclic) bond motifs is 1. The first kappa shape index (κ1) is 27.4. The fraction of sp³-hybridized carbons (Fsp3) is 0.577. The molecule has 4 rings (SSSR count). The average molecular weight is 530 g/mol. The second-order valence-corrected chi connectivity index (χ2v) is 10.9. The van der Waals surface area contributed by atoms with Crippen LogP contribution in [0.3, 0.4) is 0 Å². The minimum Gasteiger partial charge on any atom is -0.480 e. The van der Waals surface area contributed by atoms with E-state index in [-0.39, 0.29) is 37.5 Å². The van der Waals surface area contributed by atoms with Crippen LogP contribution in [-0.4, -0.2) is 85.7 Å². The van der Waals surface area contributed by atoms with E-state index in [2.05, 4.69) is 5.32 Å². The summed E-state index contributed by atoms with van der Waals surface area (Å²) in [5, 5.41) is 12.0. The standard InChI is InChI=1S/C26H35N5O7/c1-26(2,3)38-25(37)30-13-12-29(15-20(30)23(34)35)11-5-6-16-7-8-17-19(14-16)28(4)24(36)31(17)18-9-10-21(32)27-22(18)33/h7-8,14,18,20H,5-6,9-13,15H2,1-4H3,(H,34,35)(H,27,32,33)/t18?,20-/m1/s1. The lowest BCUT2D eigenvalue weighted by Gasteiger charge is -2.39. The molecule has 3 amide bonds. The Bertz CT molecular complexity index is 1320. The molecule has 3 heterocycles. The van der Waals surface area contributed by atoms with Crippen LogP contribution in [0, 0.1) is 0 Å². The number of carbonyl (C=O) groups is 4. The molecule has 2 fully saturated rings. The van der Waals surface area contributed by atoms with Crippen molar-refractivity contribution in [3.8, 4) is 0 Å². The lowest BCUT2D eigenvalue weighted by molar-refractivity contribution is -0.145. The molecule has 1 aromatic carbocycles. The molecule has 206 valence electrons. The molecule has 0 spiro atoms. The number of aliphatic carboxylic acids is 1. The summed E-state index contributed by atoms with van der Waals surface area (Å²) in [6.45, 7) is 6.93. The van der Waals surface area contributed by atoms with Gasteiger partial charge < -0.3 is 9.84 Å². The monoisotopic (exact) mass is 529 g/mol. The number of carboxylic acids is 1. The number of hydrogen-bond acceptors (Lipinski definition) is 7. The molecule has 12 heteroatoms. The smallest absolute Gasteiger partial charge is 0.411 e. The van der Waals surface area contributed by atoms with Crippen LogP contribution in [0.1, 0.15) is 51.6 Å². The van der Waals surface area contributed by atoms with E-state index in [1.165, 1.54) is 14.0 Å². The predicted molar refractivity (Wildman–Crippen MR) is 138 cm³/mol. The van der Waals surface area contributed by atoms with Crippen molar-refractivity contribution in [2.45, 2.75) is 64.1 Å². The van der Waals surface area contributed by atoms with Crippen LogP contribution >= 0.6 is 0 Å². The number of aromatic nitrogens is 2. The third-order valence-corrected chi connectivity index (χ3v) is 6.99. The lowest BCUT2D eigenvalue weighted by Crippen LogP contribution is -2.59. The van der Waals surface area contributed by atoms with E-state index in [9.17, 15) is 29.1 Å². The Morgan fingerprint density at radius 3 is 2.53 bits per heavy atom. The number of nitrogens with zero attached hydrogens (tertiary/aromatic N) is 4. The van der Waals surface area contributed by atoms with Gasteiger partial charge in [0.2, 0.25) is 11.8 Å². The molecular weight excluding hydrogens is 494 g/mol. The minimum absolute atomic E-state index is 0.187. The highest BCUT2D eigenvalue weighted by atomic mass is 16.6. The second kappa shape index (κ2) is 10.6. The Morgan fingerprint density at radius 2 is 1.87 bits per heavy atom. The van der Waals surface area contributed by atoms with Gasteiger partial charge >= 0.3 is 17.8 Å². The molecule has 0 saturated carbocycles. The van der Waals surface area contributed by atoms with E-state index in [1.54, 1.807) is 27.8 Å². The number of imide groups is 1. The van der Waals surface area contributed by atoms with Gasteiger partial charge in [-0.05, 0) is 64.3 Å². The van der Waals surface area contributed by atoms with Gasteiger partial charge in [-0.15, -0.1) is 0 Å². The minimum atomic E-state index is -1.06. The van der Waals surface area contributed by atoms with E-state index in [1.807, 2.05) is 23.1 Å². The molecule has 2 saturated heterocycles. The number of nitrogens with one attached hydrogen (secondary N) is 1. The van der Waals surface area contributed by atoms with Crippen LogP contribution in [0.4, 0.5) is 4.79 Å². The molecule has 1 aromatic heterocycles.